The maximum absolute atomic E-state index is 11.7. The van der Waals surface area contributed by atoms with Crippen molar-refractivity contribution in [2.75, 3.05) is 13.6 Å². The first-order chi connectivity index (χ1) is 8.38. The minimum absolute atomic E-state index is 0.254. The van der Waals surface area contributed by atoms with Gasteiger partial charge < -0.3 is 9.64 Å². The third kappa shape index (κ3) is 5.71. The van der Waals surface area contributed by atoms with Crippen LogP contribution >= 0.6 is 0 Å². The van der Waals surface area contributed by atoms with Crippen LogP contribution in [0.5, 0.6) is 0 Å². The van der Waals surface area contributed by atoms with Gasteiger partial charge in [0.1, 0.15) is 5.60 Å². The van der Waals surface area contributed by atoms with Gasteiger partial charge in [-0.3, -0.25) is 0 Å². The van der Waals surface area contributed by atoms with E-state index in [9.17, 15) is 4.79 Å². The van der Waals surface area contributed by atoms with Gasteiger partial charge in [0, 0.05) is 13.6 Å². The molecule has 0 fully saturated rings. The fraction of sp³-hybridized carbons (Fsp3) is 0.533. The number of carbonyl (C=O) groups is 1. The van der Waals surface area contributed by atoms with Crippen molar-refractivity contribution in [1.82, 2.24) is 4.90 Å². The Morgan fingerprint density at radius 2 is 1.83 bits per heavy atom. The Morgan fingerprint density at radius 3 is 2.39 bits per heavy atom. The van der Waals surface area contributed by atoms with E-state index in [0.29, 0.717) is 6.54 Å². The molecule has 1 aromatic rings. The molecule has 0 aliphatic rings. The van der Waals surface area contributed by atoms with Crippen LogP contribution in [0.4, 0.5) is 4.79 Å². The summed E-state index contributed by atoms with van der Waals surface area (Å²) in [5.41, 5.74) is 0.875. The van der Waals surface area contributed by atoms with Crippen molar-refractivity contribution in [3.05, 3.63) is 35.9 Å². The van der Waals surface area contributed by atoms with E-state index in [2.05, 4.69) is 12.1 Å². The van der Waals surface area contributed by atoms with Gasteiger partial charge in [-0.2, -0.15) is 0 Å². The summed E-state index contributed by atoms with van der Waals surface area (Å²) in [4.78, 5) is 13.3. The van der Waals surface area contributed by atoms with Crippen molar-refractivity contribution in [2.45, 2.75) is 39.2 Å². The van der Waals surface area contributed by atoms with E-state index in [1.54, 1.807) is 11.9 Å². The summed E-state index contributed by atoms with van der Waals surface area (Å²) in [6, 6.07) is 10.3. The average Bonchev–Trinajstić information content (AvgIpc) is 2.28. The Morgan fingerprint density at radius 1 is 1.22 bits per heavy atom. The number of benzene rings is 1. The molecule has 3 nitrogen and oxygen atoms in total. The molecule has 0 saturated heterocycles. The van der Waals surface area contributed by atoms with E-state index in [1.165, 1.54) is 5.56 Å². The molecule has 3 heteroatoms. The van der Waals surface area contributed by atoms with Crippen LogP contribution < -0.4 is 0 Å². The van der Waals surface area contributed by atoms with Gasteiger partial charge in [-0.25, -0.2) is 4.79 Å². The van der Waals surface area contributed by atoms with Gasteiger partial charge in [-0.1, -0.05) is 30.3 Å². The van der Waals surface area contributed by atoms with Gasteiger partial charge >= 0.3 is 6.09 Å². The van der Waals surface area contributed by atoms with Crippen molar-refractivity contribution in [2.24, 2.45) is 0 Å². The molecule has 0 aliphatic heterocycles. The fourth-order valence-corrected chi connectivity index (χ4v) is 1.60. The molecule has 0 aromatic heterocycles. The maximum Gasteiger partial charge on any atom is 0.410 e. The molecular weight excluding hydrogens is 226 g/mol. The standard InChI is InChI=1S/C15H23NO2/c1-15(2,3)18-14(17)16(4)12-8-11-13-9-6-5-7-10-13/h5-7,9-10H,8,11-12H2,1-4H3. The van der Waals surface area contributed by atoms with Gasteiger partial charge in [-0.15, -0.1) is 0 Å². The number of nitrogens with zero attached hydrogens (tertiary/aromatic N) is 1. The predicted octanol–water partition coefficient (Wildman–Crippen LogP) is 3.49. The number of amides is 1. The lowest BCUT2D eigenvalue weighted by atomic mass is 10.1. The first-order valence-electron chi connectivity index (χ1n) is 6.36. The zero-order chi connectivity index (χ0) is 13.6. The van der Waals surface area contributed by atoms with Crippen LogP contribution in [0.1, 0.15) is 32.8 Å². The summed E-state index contributed by atoms with van der Waals surface area (Å²) in [5.74, 6) is 0. The average molecular weight is 249 g/mol. The van der Waals surface area contributed by atoms with Crippen molar-refractivity contribution < 1.29 is 9.53 Å². The summed E-state index contributed by atoms with van der Waals surface area (Å²) in [7, 11) is 1.78. The normalized spacial score (nSPS) is 11.1. The Hall–Kier alpha value is -1.51. The largest absolute Gasteiger partial charge is 0.444 e. The molecule has 0 radical (unpaired) electrons. The lowest BCUT2D eigenvalue weighted by Gasteiger charge is -2.24. The molecule has 0 saturated carbocycles. The van der Waals surface area contributed by atoms with Crippen LogP contribution in [-0.2, 0) is 11.2 Å². The molecule has 100 valence electrons. The number of carbonyl (C=O) groups excluding carboxylic acids is 1. The number of aryl methyl sites for hydroxylation is 1. The zero-order valence-corrected chi connectivity index (χ0v) is 11.8. The SMILES string of the molecule is CN(CCCc1ccccc1)C(=O)OC(C)(C)C. The highest BCUT2D eigenvalue weighted by molar-refractivity contribution is 5.67. The highest BCUT2D eigenvalue weighted by Gasteiger charge is 2.18. The Bertz CT molecular complexity index is 368. The van der Waals surface area contributed by atoms with Gasteiger partial charge in [0.2, 0.25) is 0 Å². The highest BCUT2D eigenvalue weighted by atomic mass is 16.6. The third-order valence-electron chi connectivity index (χ3n) is 2.51. The van der Waals surface area contributed by atoms with Crippen molar-refractivity contribution in [1.29, 1.82) is 0 Å². The highest BCUT2D eigenvalue weighted by Crippen LogP contribution is 2.10. The molecule has 1 aromatic carbocycles. The molecule has 0 bridgehead atoms. The first-order valence-corrected chi connectivity index (χ1v) is 6.36. The summed E-state index contributed by atoms with van der Waals surface area (Å²) in [6.45, 7) is 6.35. The van der Waals surface area contributed by atoms with E-state index < -0.39 is 5.60 Å². The second kappa shape index (κ2) is 6.43. The van der Waals surface area contributed by atoms with Gasteiger partial charge in [0.05, 0.1) is 0 Å². The number of ether oxygens (including phenoxy) is 1. The second-order valence-corrected chi connectivity index (χ2v) is 5.49. The van der Waals surface area contributed by atoms with Gasteiger partial charge in [0.25, 0.3) is 0 Å². The monoisotopic (exact) mass is 249 g/mol. The van der Waals surface area contributed by atoms with Crippen LogP contribution in [0.15, 0.2) is 30.3 Å². The molecule has 0 heterocycles. The van der Waals surface area contributed by atoms with E-state index in [4.69, 9.17) is 4.74 Å². The van der Waals surface area contributed by atoms with Crippen LogP contribution in [0.25, 0.3) is 0 Å². The number of hydrogen-bond donors (Lipinski definition) is 0. The Labute approximate surface area is 110 Å². The lowest BCUT2D eigenvalue weighted by Crippen LogP contribution is -2.34. The summed E-state index contributed by atoms with van der Waals surface area (Å²) in [5, 5.41) is 0. The molecule has 0 N–H and O–H groups in total. The van der Waals surface area contributed by atoms with Gasteiger partial charge in [-0.05, 0) is 39.2 Å². The van der Waals surface area contributed by atoms with Crippen molar-refractivity contribution in [3.63, 3.8) is 0 Å². The van der Waals surface area contributed by atoms with Crippen LogP contribution in [0.2, 0.25) is 0 Å². The Balaban J connectivity index is 2.29. The number of hydrogen-bond acceptors (Lipinski definition) is 2. The lowest BCUT2D eigenvalue weighted by molar-refractivity contribution is 0.0297. The quantitative estimate of drug-likeness (QED) is 0.817. The summed E-state index contributed by atoms with van der Waals surface area (Å²) < 4.78 is 5.29. The van der Waals surface area contributed by atoms with E-state index in [0.717, 1.165) is 12.8 Å². The number of rotatable bonds is 4. The zero-order valence-electron chi connectivity index (χ0n) is 11.8. The molecule has 0 unspecified atom stereocenters. The molecule has 0 atom stereocenters. The fourth-order valence-electron chi connectivity index (χ4n) is 1.60. The maximum atomic E-state index is 11.7. The smallest absolute Gasteiger partial charge is 0.410 e. The van der Waals surface area contributed by atoms with E-state index >= 15 is 0 Å². The summed E-state index contributed by atoms with van der Waals surface area (Å²) >= 11 is 0. The molecule has 18 heavy (non-hydrogen) atoms. The first kappa shape index (κ1) is 14.6. The van der Waals surface area contributed by atoms with Gasteiger partial charge in [0.15, 0.2) is 0 Å². The second-order valence-electron chi connectivity index (χ2n) is 5.49. The van der Waals surface area contributed by atoms with Crippen molar-refractivity contribution >= 4 is 6.09 Å². The summed E-state index contributed by atoms with van der Waals surface area (Å²) in [6.07, 6.45) is 1.67. The minimum atomic E-state index is -0.426. The molecule has 1 amide bonds. The minimum Gasteiger partial charge on any atom is -0.444 e. The van der Waals surface area contributed by atoms with E-state index in [-0.39, 0.29) is 6.09 Å². The van der Waals surface area contributed by atoms with Crippen LogP contribution in [-0.4, -0.2) is 30.2 Å². The Kier molecular flexibility index (Phi) is 5.20. The topological polar surface area (TPSA) is 29.5 Å². The molecular formula is C15H23NO2. The molecule has 0 aliphatic carbocycles. The predicted molar refractivity (Wildman–Crippen MR) is 73.6 cm³/mol. The van der Waals surface area contributed by atoms with E-state index in [1.807, 2.05) is 39.0 Å². The van der Waals surface area contributed by atoms with Crippen LogP contribution in [0, 0.1) is 0 Å². The van der Waals surface area contributed by atoms with Crippen molar-refractivity contribution in [3.8, 4) is 0 Å². The molecule has 1 rings (SSSR count). The van der Waals surface area contributed by atoms with Crippen LogP contribution in [0.3, 0.4) is 0 Å². The molecule has 0 spiro atoms. The third-order valence-corrected chi connectivity index (χ3v) is 2.51.